The van der Waals surface area contributed by atoms with E-state index in [0.717, 1.165) is 10.9 Å². The van der Waals surface area contributed by atoms with Gasteiger partial charge in [-0.15, -0.1) is 11.3 Å². The summed E-state index contributed by atoms with van der Waals surface area (Å²) in [5.41, 5.74) is 0.294. The smallest absolute Gasteiger partial charge is 0.314 e. The van der Waals surface area contributed by atoms with Gasteiger partial charge in [-0.3, -0.25) is 10.1 Å². The van der Waals surface area contributed by atoms with E-state index in [-0.39, 0.29) is 19.0 Å². The highest BCUT2D eigenvalue weighted by Crippen LogP contribution is 2.30. The Kier molecular flexibility index (Phi) is 4.87. The summed E-state index contributed by atoms with van der Waals surface area (Å²) >= 11 is 1.34. The van der Waals surface area contributed by atoms with Crippen LogP contribution < -0.4 is 4.74 Å². The van der Waals surface area contributed by atoms with Crippen LogP contribution in [-0.4, -0.2) is 16.6 Å². The van der Waals surface area contributed by atoms with E-state index in [0.29, 0.717) is 5.56 Å². The van der Waals surface area contributed by atoms with Gasteiger partial charge < -0.3 is 9.84 Å². The van der Waals surface area contributed by atoms with Crippen LogP contribution in [0.2, 0.25) is 0 Å². The summed E-state index contributed by atoms with van der Waals surface area (Å²) in [6.07, 6.45) is 0. The highest BCUT2D eigenvalue weighted by atomic mass is 32.1. The number of hydrogen-bond acceptors (Lipinski definition) is 5. The first-order chi connectivity index (χ1) is 10.1. The summed E-state index contributed by atoms with van der Waals surface area (Å²) in [6.45, 7) is -0.226. The van der Waals surface area contributed by atoms with Gasteiger partial charge in [-0.05, 0) is 12.1 Å². The van der Waals surface area contributed by atoms with Crippen LogP contribution in [0.1, 0.15) is 10.4 Å². The first-order valence-electron chi connectivity index (χ1n) is 5.84. The molecule has 5 nitrogen and oxygen atoms in total. The SMILES string of the molecule is O=[N+]([O-])c1cccc(F)c1OCc1cc(C#CCO)cs1. The monoisotopic (exact) mass is 307 g/mol. The minimum atomic E-state index is -0.777. The van der Waals surface area contributed by atoms with E-state index in [4.69, 9.17) is 9.84 Å². The van der Waals surface area contributed by atoms with Crippen LogP contribution in [0.5, 0.6) is 5.75 Å². The summed E-state index contributed by atoms with van der Waals surface area (Å²) < 4.78 is 18.8. The van der Waals surface area contributed by atoms with Crippen molar-refractivity contribution in [3.8, 4) is 17.6 Å². The number of aliphatic hydroxyl groups is 1. The molecule has 0 saturated heterocycles. The van der Waals surface area contributed by atoms with E-state index in [2.05, 4.69) is 11.8 Å². The lowest BCUT2D eigenvalue weighted by molar-refractivity contribution is -0.386. The second-order valence-corrected chi connectivity index (χ2v) is 4.89. The third kappa shape index (κ3) is 3.78. The predicted molar refractivity (Wildman–Crippen MR) is 75.7 cm³/mol. The van der Waals surface area contributed by atoms with Crippen LogP contribution in [0, 0.1) is 27.8 Å². The molecule has 2 aromatic rings. The van der Waals surface area contributed by atoms with Gasteiger partial charge in [-0.1, -0.05) is 17.9 Å². The number of ether oxygens (including phenoxy) is 1. The molecule has 1 aromatic carbocycles. The van der Waals surface area contributed by atoms with Crippen molar-refractivity contribution in [2.45, 2.75) is 6.61 Å². The van der Waals surface area contributed by atoms with Crippen molar-refractivity contribution >= 4 is 17.0 Å². The normalized spacial score (nSPS) is 9.81. The van der Waals surface area contributed by atoms with Gasteiger partial charge in [0, 0.05) is 21.9 Å². The second kappa shape index (κ2) is 6.83. The van der Waals surface area contributed by atoms with Crippen LogP contribution in [-0.2, 0) is 6.61 Å². The fourth-order valence-corrected chi connectivity index (χ4v) is 2.32. The Morgan fingerprint density at radius 1 is 1.48 bits per heavy atom. The molecule has 0 aliphatic rings. The van der Waals surface area contributed by atoms with Crippen LogP contribution in [0.3, 0.4) is 0 Å². The molecular weight excluding hydrogens is 297 g/mol. The number of nitrogens with zero attached hydrogens (tertiary/aromatic N) is 1. The highest BCUT2D eigenvalue weighted by Gasteiger charge is 2.19. The maximum atomic E-state index is 13.6. The molecule has 0 fully saturated rings. The summed E-state index contributed by atoms with van der Waals surface area (Å²) in [4.78, 5) is 10.9. The minimum Gasteiger partial charge on any atom is -0.479 e. The van der Waals surface area contributed by atoms with Crippen molar-refractivity contribution < 1.29 is 19.2 Å². The Labute approximate surface area is 123 Å². The fourth-order valence-electron chi connectivity index (χ4n) is 1.59. The van der Waals surface area contributed by atoms with E-state index >= 15 is 0 Å². The number of benzene rings is 1. The van der Waals surface area contributed by atoms with E-state index in [1.54, 1.807) is 11.4 Å². The topological polar surface area (TPSA) is 72.6 Å². The number of para-hydroxylation sites is 1. The molecule has 1 aromatic heterocycles. The summed E-state index contributed by atoms with van der Waals surface area (Å²) in [6, 6.07) is 5.27. The molecule has 0 saturated carbocycles. The zero-order chi connectivity index (χ0) is 15.2. The van der Waals surface area contributed by atoms with Crippen molar-refractivity contribution in [3.05, 3.63) is 56.0 Å². The molecule has 1 heterocycles. The van der Waals surface area contributed by atoms with E-state index in [1.807, 2.05) is 0 Å². The van der Waals surface area contributed by atoms with Crippen molar-refractivity contribution in [3.63, 3.8) is 0 Å². The van der Waals surface area contributed by atoms with Crippen LogP contribution >= 0.6 is 11.3 Å². The molecule has 1 N–H and O–H groups in total. The van der Waals surface area contributed by atoms with E-state index < -0.39 is 16.4 Å². The summed E-state index contributed by atoms with van der Waals surface area (Å²) in [7, 11) is 0. The maximum absolute atomic E-state index is 13.6. The van der Waals surface area contributed by atoms with Crippen LogP contribution in [0.15, 0.2) is 29.6 Å². The van der Waals surface area contributed by atoms with Gasteiger partial charge in [-0.2, -0.15) is 0 Å². The lowest BCUT2D eigenvalue weighted by atomic mass is 10.3. The zero-order valence-corrected chi connectivity index (χ0v) is 11.5. The fraction of sp³-hybridized carbons (Fsp3) is 0.143. The molecule has 0 aliphatic carbocycles. The number of halogens is 1. The molecule has 0 bridgehead atoms. The van der Waals surface area contributed by atoms with E-state index in [1.165, 1.54) is 23.5 Å². The molecule has 0 radical (unpaired) electrons. The van der Waals surface area contributed by atoms with Gasteiger partial charge >= 0.3 is 5.69 Å². The number of aliphatic hydroxyl groups excluding tert-OH is 1. The van der Waals surface area contributed by atoms with Crippen molar-refractivity contribution in [2.75, 3.05) is 6.61 Å². The first kappa shape index (κ1) is 15.0. The van der Waals surface area contributed by atoms with Gasteiger partial charge in [0.15, 0.2) is 5.82 Å². The van der Waals surface area contributed by atoms with Gasteiger partial charge in [0.1, 0.15) is 13.2 Å². The van der Waals surface area contributed by atoms with Gasteiger partial charge in [0.25, 0.3) is 0 Å². The number of nitro groups is 1. The predicted octanol–water partition coefficient (Wildman–Crippen LogP) is 2.72. The van der Waals surface area contributed by atoms with Crippen molar-refractivity contribution in [2.24, 2.45) is 0 Å². The third-order valence-electron chi connectivity index (χ3n) is 2.47. The Balaban J connectivity index is 2.13. The van der Waals surface area contributed by atoms with Gasteiger partial charge in [-0.25, -0.2) is 4.39 Å². The molecule has 7 heteroatoms. The number of rotatable bonds is 4. The maximum Gasteiger partial charge on any atom is 0.314 e. The Morgan fingerprint density at radius 3 is 3.00 bits per heavy atom. The quantitative estimate of drug-likeness (QED) is 0.535. The molecule has 0 spiro atoms. The van der Waals surface area contributed by atoms with Crippen molar-refractivity contribution in [1.82, 2.24) is 0 Å². The first-order valence-corrected chi connectivity index (χ1v) is 6.72. The van der Waals surface area contributed by atoms with Gasteiger partial charge in [0.2, 0.25) is 5.75 Å². The molecular formula is C14H10FNO4S. The van der Waals surface area contributed by atoms with Crippen LogP contribution in [0.4, 0.5) is 10.1 Å². The molecule has 21 heavy (non-hydrogen) atoms. The van der Waals surface area contributed by atoms with E-state index in [9.17, 15) is 14.5 Å². The zero-order valence-electron chi connectivity index (χ0n) is 10.7. The van der Waals surface area contributed by atoms with Crippen molar-refractivity contribution in [1.29, 1.82) is 0 Å². The Morgan fingerprint density at radius 2 is 2.29 bits per heavy atom. The average molecular weight is 307 g/mol. The number of thiophene rings is 1. The van der Waals surface area contributed by atoms with Crippen LogP contribution in [0.25, 0.3) is 0 Å². The third-order valence-corrected chi connectivity index (χ3v) is 3.38. The standard InChI is InChI=1S/C14H10FNO4S/c15-12-4-1-5-13(16(18)19)14(12)20-8-11-7-10(9-21-11)3-2-6-17/h1,4-5,7,9,17H,6,8H2. The molecule has 108 valence electrons. The Hall–Kier alpha value is -2.43. The van der Waals surface area contributed by atoms with Gasteiger partial charge in [0.05, 0.1) is 4.92 Å². The Bertz CT molecular complexity index is 717. The number of nitro benzene ring substituents is 1. The second-order valence-electron chi connectivity index (χ2n) is 3.90. The summed E-state index contributed by atoms with van der Waals surface area (Å²) in [5, 5.41) is 21.2. The largest absolute Gasteiger partial charge is 0.479 e. The molecule has 0 atom stereocenters. The molecule has 0 amide bonds. The lowest BCUT2D eigenvalue weighted by Gasteiger charge is -2.06. The molecule has 2 rings (SSSR count). The average Bonchev–Trinajstić information content (AvgIpc) is 2.91. The summed E-state index contributed by atoms with van der Waals surface area (Å²) in [5.74, 6) is 4.08. The lowest BCUT2D eigenvalue weighted by Crippen LogP contribution is -2.00. The highest BCUT2D eigenvalue weighted by molar-refractivity contribution is 7.10. The molecule has 0 unspecified atom stereocenters. The minimum absolute atomic E-state index is 0.00719. The molecule has 0 aliphatic heterocycles. The number of hydrogen-bond donors (Lipinski definition) is 1.